The molecule has 0 fully saturated rings. The van der Waals surface area contributed by atoms with Crippen LogP contribution in [0.2, 0.25) is 0 Å². The molecule has 0 aromatic rings. The molecule has 0 aliphatic rings. The molecule has 23 heavy (non-hydrogen) atoms. The molecule has 0 aliphatic heterocycles. The lowest BCUT2D eigenvalue weighted by Gasteiger charge is -2.19. The van der Waals surface area contributed by atoms with E-state index in [2.05, 4.69) is 10.6 Å². The van der Waals surface area contributed by atoms with Crippen LogP contribution in [0, 0.1) is 0 Å². The van der Waals surface area contributed by atoms with E-state index < -0.39 is 17.7 Å². The lowest BCUT2D eigenvalue weighted by molar-refractivity contribution is -0.137. The SMILES string of the molecule is CC(C)(C)OC(=O)NCCC(=O)NCCCCCCCC(=O)O. The Labute approximate surface area is 138 Å². The molecule has 7 heteroatoms. The zero-order valence-electron chi connectivity index (χ0n) is 14.4. The molecule has 0 aliphatic carbocycles. The van der Waals surface area contributed by atoms with Gasteiger partial charge in [-0.1, -0.05) is 19.3 Å². The highest BCUT2D eigenvalue weighted by Gasteiger charge is 2.15. The predicted octanol–water partition coefficient (Wildman–Crippen LogP) is 2.44. The normalized spacial score (nSPS) is 10.9. The van der Waals surface area contributed by atoms with Gasteiger partial charge < -0.3 is 20.5 Å². The molecule has 0 unspecified atom stereocenters. The quantitative estimate of drug-likeness (QED) is 0.505. The summed E-state index contributed by atoms with van der Waals surface area (Å²) in [5.41, 5.74) is -0.545. The van der Waals surface area contributed by atoms with Crippen molar-refractivity contribution in [1.82, 2.24) is 10.6 Å². The first-order valence-electron chi connectivity index (χ1n) is 8.16. The fraction of sp³-hybridized carbons (Fsp3) is 0.812. The first kappa shape index (κ1) is 21.2. The fourth-order valence-corrected chi connectivity index (χ4v) is 1.84. The standard InChI is InChI=1S/C16H30N2O5/c1-16(2,3)23-15(22)18-12-10-13(19)17-11-8-6-4-5-7-9-14(20)21/h4-12H2,1-3H3,(H,17,19)(H,18,22)(H,20,21). The Kier molecular flexibility index (Phi) is 10.8. The number of carbonyl (C=O) groups excluding carboxylic acids is 2. The van der Waals surface area contributed by atoms with E-state index in [-0.39, 0.29) is 25.3 Å². The summed E-state index contributed by atoms with van der Waals surface area (Å²) in [6.45, 7) is 6.18. The Hall–Kier alpha value is -1.79. The van der Waals surface area contributed by atoms with E-state index in [0.717, 1.165) is 25.7 Å². The van der Waals surface area contributed by atoms with Crippen LogP contribution in [0.1, 0.15) is 65.7 Å². The fourth-order valence-electron chi connectivity index (χ4n) is 1.84. The zero-order valence-corrected chi connectivity index (χ0v) is 14.4. The number of hydrogen-bond acceptors (Lipinski definition) is 4. The minimum Gasteiger partial charge on any atom is -0.481 e. The summed E-state index contributed by atoms with van der Waals surface area (Å²) < 4.78 is 5.06. The molecule has 7 nitrogen and oxygen atoms in total. The summed E-state index contributed by atoms with van der Waals surface area (Å²) in [7, 11) is 0. The highest BCUT2D eigenvalue weighted by atomic mass is 16.6. The van der Waals surface area contributed by atoms with Crippen molar-refractivity contribution in [2.24, 2.45) is 0 Å². The van der Waals surface area contributed by atoms with Gasteiger partial charge in [-0.2, -0.15) is 0 Å². The van der Waals surface area contributed by atoms with Crippen molar-refractivity contribution >= 4 is 18.0 Å². The van der Waals surface area contributed by atoms with E-state index in [4.69, 9.17) is 9.84 Å². The molecule has 3 N–H and O–H groups in total. The van der Waals surface area contributed by atoms with Crippen LogP contribution in [0.3, 0.4) is 0 Å². The predicted molar refractivity (Wildman–Crippen MR) is 87.2 cm³/mol. The number of ether oxygens (including phenoxy) is 1. The van der Waals surface area contributed by atoms with E-state index in [0.29, 0.717) is 13.0 Å². The average molecular weight is 330 g/mol. The monoisotopic (exact) mass is 330 g/mol. The third-order valence-corrected chi connectivity index (χ3v) is 2.91. The molecule has 0 rings (SSSR count). The second-order valence-electron chi connectivity index (χ2n) is 6.44. The van der Waals surface area contributed by atoms with E-state index >= 15 is 0 Å². The van der Waals surface area contributed by atoms with Gasteiger partial charge in [-0.25, -0.2) is 4.79 Å². The summed E-state index contributed by atoms with van der Waals surface area (Å²) in [5, 5.41) is 13.8. The number of rotatable bonds is 11. The average Bonchev–Trinajstić information content (AvgIpc) is 2.39. The van der Waals surface area contributed by atoms with Crippen LogP contribution in [0.4, 0.5) is 4.79 Å². The number of alkyl carbamates (subject to hydrolysis) is 1. The number of hydrogen-bond donors (Lipinski definition) is 3. The van der Waals surface area contributed by atoms with Crippen LogP contribution in [0.25, 0.3) is 0 Å². The zero-order chi connectivity index (χ0) is 17.7. The maximum Gasteiger partial charge on any atom is 0.407 e. The highest BCUT2D eigenvalue weighted by molar-refractivity contribution is 5.76. The maximum absolute atomic E-state index is 11.6. The molecule has 0 aromatic heterocycles. The van der Waals surface area contributed by atoms with Gasteiger partial charge in [-0.3, -0.25) is 9.59 Å². The Morgan fingerprint density at radius 2 is 1.48 bits per heavy atom. The van der Waals surface area contributed by atoms with Gasteiger partial charge >= 0.3 is 12.1 Å². The summed E-state index contributed by atoms with van der Waals surface area (Å²) >= 11 is 0. The van der Waals surface area contributed by atoms with E-state index in [1.807, 2.05) is 0 Å². The molecule has 0 saturated carbocycles. The number of carboxylic acids is 1. The highest BCUT2D eigenvalue weighted by Crippen LogP contribution is 2.06. The number of carboxylic acid groups (broad SMARTS) is 1. The van der Waals surface area contributed by atoms with Gasteiger partial charge in [0.05, 0.1) is 0 Å². The molecule has 0 atom stereocenters. The van der Waals surface area contributed by atoms with Crippen molar-refractivity contribution in [3.63, 3.8) is 0 Å². The molecular formula is C16H30N2O5. The third kappa shape index (κ3) is 16.4. The van der Waals surface area contributed by atoms with Gasteiger partial charge in [0.2, 0.25) is 5.91 Å². The third-order valence-electron chi connectivity index (χ3n) is 2.91. The smallest absolute Gasteiger partial charge is 0.407 e. The van der Waals surface area contributed by atoms with Gasteiger partial charge in [-0.15, -0.1) is 0 Å². The van der Waals surface area contributed by atoms with Gasteiger partial charge in [-0.05, 0) is 33.6 Å². The number of carbonyl (C=O) groups is 3. The topological polar surface area (TPSA) is 105 Å². The maximum atomic E-state index is 11.6. The van der Waals surface area contributed by atoms with Crippen LogP contribution < -0.4 is 10.6 Å². The summed E-state index contributed by atoms with van der Waals surface area (Å²) in [6, 6.07) is 0. The first-order chi connectivity index (χ1) is 10.7. The Morgan fingerprint density at radius 3 is 2.09 bits per heavy atom. The number of amides is 2. The molecule has 2 amide bonds. The second kappa shape index (κ2) is 11.7. The largest absolute Gasteiger partial charge is 0.481 e. The van der Waals surface area contributed by atoms with Crippen molar-refractivity contribution in [3.05, 3.63) is 0 Å². The van der Waals surface area contributed by atoms with Crippen LogP contribution >= 0.6 is 0 Å². The van der Waals surface area contributed by atoms with Gasteiger partial charge in [0.1, 0.15) is 5.60 Å². The molecule has 0 saturated heterocycles. The Morgan fingerprint density at radius 1 is 0.870 bits per heavy atom. The summed E-state index contributed by atoms with van der Waals surface area (Å²) in [4.78, 5) is 33.2. The van der Waals surface area contributed by atoms with Gasteiger partial charge in [0.25, 0.3) is 0 Å². The van der Waals surface area contributed by atoms with Crippen molar-refractivity contribution in [2.45, 2.75) is 71.3 Å². The van der Waals surface area contributed by atoms with Gasteiger partial charge in [0, 0.05) is 25.9 Å². The lowest BCUT2D eigenvalue weighted by Crippen LogP contribution is -2.35. The molecule has 0 heterocycles. The van der Waals surface area contributed by atoms with Crippen LogP contribution in [-0.4, -0.2) is 41.8 Å². The molecule has 0 aromatic carbocycles. The van der Waals surface area contributed by atoms with Gasteiger partial charge in [0.15, 0.2) is 0 Å². The van der Waals surface area contributed by atoms with Crippen LogP contribution in [0.15, 0.2) is 0 Å². The molecule has 0 radical (unpaired) electrons. The summed E-state index contributed by atoms with van der Waals surface area (Å²) in [6.07, 6.45) is 4.35. The number of unbranched alkanes of at least 4 members (excludes halogenated alkanes) is 4. The van der Waals surface area contributed by atoms with Crippen molar-refractivity contribution in [2.75, 3.05) is 13.1 Å². The Bertz CT molecular complexity index is 377. The van der Waals surface area contributed by atoms with Crippen LogP contribution in [0.5, 0.6) is 0 Å². The minimum absolute atomic E-state index is 0.105. The molecule has 0 spiro atoms. The van der Waals surface area contributed by atoms with Crippen molar-refractivity contribution in [1.29, 1.82) is 0 Å². The molecule has 134 valence electrons. The van der Waals surface area contributed by atoms with Crippen molar-refractivity contribution < 1.29 is 24.2 Å². The van der Waals surface area contributed by atoms with E-state index in [1.54, 1.807) is 20.8 Å². The number of nitrogens with one attached hydrogen (secondary N) is 2. The summed E-state index contributed by atoms with van der Waals surface area (Å²) in [5.74, 6) is -0.857. The van der Waals surface area contributed by atoms with E-state index in [9.17, 15) is 14.4 Å². The first-order valence-corrected chi connectivity index (χ1v) is 8.16. The minimum atomic E-state index is -0.753. The lowest BCUT2D eigenvalue weighted by atomic mass is 10.1. The number of aliphatic carboxylic acids is 1. The second-order valence-corrected chi connectivity index (χ2v) is 6.44. The molecule has 0 bridgehead atoms. The Balaban J connectivity index is 3.44. The molecular weight excluding hydrogens is 300 g/mol. The van der Waals surface area contributed by atoms with Crippen molar-refractivity contribution in [3.8, 4) is 0 Å². The van der Waals surface area contributed by atoms with E-state index in [1.165, 1.54) is 0 Å². The van der Waals surface area contributed by atoms with Crippen LogP contribution in [-0.2, 0) is 14.3 Å².